The number of likely N-dealkylation sites (tertiary alicyclic amines) is 1. The van der Waals surface area contributed by atoms with Crippen LogP contribution in [0.1, 0.15) is 69.4 Å². The van der Waals surface area contributed by atoms with Crippen LogP contribution in [0.5, 0.6) is 5.75 Å². The van der Waals surface area contributed by atoms with Gasteiger partial charge in [-0.15, -0.1) is 0 Å². The first-order valence-electron chi connectivity index (χ1n) is 10.6. The Morgan fingerprint density at radius 3 is 2.80 bits per heavy atom. The normalized spacial score (nSPS) is 30.2. The van der Waals surface area contributed by atoms with Crippen molar-refractivity contribution in [2.24, 2.45) is 5.92 Å². The summed E-state index contributed by atoms with van der Waals surface area (Å²) in [5.74, 6) is 1.95. The minimum absolute atomic E-state index is 0.532. The van der Waals surface area contributed by atoms with Gasteiger partial charge in [0.05, 0.1) is 6.61 Å². The minimum atomic E-state index is 0.532. The molecule has 1 N–H and O–H groups in total. The Balaban J connectivity index is 1.25. The summed E-state index contributed by atoms with van der Waals surface area (Å²) in [6.45, 7) is 4.59. The van der Waals surface area contributed by atoms with Crippen molar-refractivity contribution >= 4 is 0 Å². The van der Waals surface area contributed by atoms with Gasteiger partial charge in [0.25, 0.3) is 0 Å². The molecule has 2 aliphatic heterocycles. The Labute approximate surface area is 153 Å². The van der Waals surface area contributed by atoms with Crippen molar-refractivity contribution in [2.45, 2.75) is 69.9 Å². The predicted octanol–water partition coefficient (Wildman–Crippen LogP) is 4.53. The molecule has 0 spiro atoms. The van der Waals surface area contributed by atoms with E-state index in [1.165, 1.54) is 76.6 Å². The molecule has 1 saturated carbocycles. The summed E-state index contributed by atoms with van der Waals surface area (Å²) in [5.41, 5.74) is 1.42. The Kier molecular flexibility index (Phi) is 5.94. The first kappa shape index (κ1) is 17.4. The van der Waals surface area contributed by atoms with Crippen molar-refractivity contribution in [3.8, 4) is 5.75 Å². The zero-order valence-electron chi connectivity index (χ0n) is 15.6. The number of rotatable bonds is 6. The summed E-state index contributed by atoms with van der Waals surface area (Å²) in [5, 5.41) is 3.88. The van der Waals surface area contributed by atoms with Gasteiger partial charge in [-0.3, -0.25) is 0 Å². The van der Waals surface area contributed by atoms with Crippen LogP contribution in [-0.2, 0) is 0 Å². The molecule has 138 valence electrons. The summed E-state index contributed by atoms with van der Waals surface area (Å²) in [6.07, 6.45) is 12.2. The third-order valence-electron chi connectivity index (χ3n) is 6.46. The van der Waals surface area contributed by atoms with Crippen molar-refractivity contribution in [3.63, 3.8) is 0 Å². The van der Waals surface area contributed by atoms with Crippen molar-refractivity contribution < 1.29 is 4.74 Å². The van der Waals surface area contributed by atoms with Crippen LogP contribution in [-0.4, -0.2) is 37.2 Å². The highest BCUT2D eigenvalue weighted by atomic mass is 16.5. The van der Waals surface area contributed by atoms with E-state index in [-0.39, 0.29) is 0 Å². The molecule has 3 unspecified atom stereocenters. The Bertz CT molecular complexity index is 527. The smallest absolute Gasteiger partial charge is 0.119 e. The molecule has 3 heteroatoms. The average molecular weight is 343 g/mol. The van der Waals surface area contributed by atoms with Gasteiger partial charge >= 0.3 is 0 Å². The number of hydrogen-bond donors (Lipinski definition) is 1. The van der Waals surface area contributed by atoms with Gasteiger partial charge < -0.3 is 15.0 Å². The van der Waals surface area contributed by atoms with Crippen LogP contribution in [0.15, 0.2) is 24.3 Å². The Morgan fingerprint density at radius 1 is 1.04 bits per heavy atom. The van der Waals surface area contributed by atoms with E-state index in [2.05, 4.69) is 34.5 Å². The molecule has 2 saturated heterocycles. The maximum absolute atomic E-state index is 6.06. The van der Waals surface area contributed by atoms with Crippen molar-refractivity contribution in [1.29, 1.82) is 0 Å². The van der Waals surface area contributed by atoms with Gasteiger partial charge in [0.2, 0.25) is 0 Å². The Hall–Kier alpha value is -1.06. The third kappa shape index (κ3) is 4.57. The molecule has 0 amide bonds. The molecule has 3 nitrogen and oxygen atoms in total. The van der Waals surface area contributed by atoms with Gasteiger partial charge in [-0.1, -0.05) is 31.4 Å². The quantitative estimate of drug-likeness (QED) is 0.769. The van der Waals surface area contributed by atoms with E-state index in [9.17, 15) is 0 Å². The molecule has 25 heavy (non-hydrogen) atoms. The zero-order chi connectivity index (χ0) is 16.9. The highest BCUT2D eigenvalue weighted by molar-refractivity contribution is 5.31. The number of ether oxygens (including phenoxy) is 1. The van der Waals surface area contributed by atoms with Crippen LogP contribution in [0.25, 0.3) is 0 Å². The summed E-state index contributed by atoms with van der Waals surface area (Å²) >= 11 is 0. The Morgan fingerprint density at radius 2 is 1.92 bits per heavy atom. The molecule has 1 aromatic carbocycles. The van der Waals surface area contributed by atoms with Crippen molar-refractivity contribution in [1.82, 2.24) is 10.2 Å². The lowest BCUT2D eigenvalue weighted by atomic mass is 9.84. The first-order chi connectivity index (χ1) is 12.4. The number of benzene rings is 1. The molecule has 2 heterocycles. The fraction of sp³-hybridized carbons (Fsp3) is 0.727. The fourth-order valence-corrected chi connectivity index (χ4v) is 5.05. The second-order valence-corrected chi connectivity index (χ2v) is 8.28. The summed E-state index contributed by atoms with van der Waals surface area (Å²) in [7, 11) is 0. The summed E-state index contributed by atoms with van der Waals surface area (Å²) < 4.78 is 6.06. The lowest BCUT2D eigenvalue weighted by Gasteiger charge is -2.26. The molecule has 0 bridgehead atoms. The van der Waals surface area contributed by atoms with Gasteiger partial charge in [0, 0.05) is 18.6 Å². The second-order valence-electron chi connectivity index (χ2n) is 8.28. The second kappa shape index (κ2) is 8.55. The number of fused-ring (bicyclic) bond motifs is 1. The largest absolute Gasteiger partial charge is 0.494 e. The predicted molar refractivity (Wildman–Crippen MR) is 103 cm³/mol. The standard InChI is InChI=1S/C22H34N2O/c1-4-12-24(13-5-1)14-7-15-25-20-10-6-9-18(16-20)22-17-19-8-2-3-11-21(19)23-22/h6,9-10,16,19,21-23H,1-5,7-8,11-15,17H2. The van der Waals surface area contributed by atoms with E-state index in [1.807, 2.05) is 0 Å². The van der Waals surface area contributed by atoms with Gasteiger partial charge in [-0.2, -0.15) is 0 Å². The first-order valence-corrected chi connectivity index (χ1v) is 10.6. The maximum atomic E-state index is 6.06. The third-order valence-corrected chi connectivity index (χ3v) is 6.46. The minimum Gasteiger partial charge on any atom is -0.494 e. The average Bonchev–Trinajstić information content (AvgIpc) is 3.11. The van der Waals surface area contributed by atoms with Gasteiger partial charge in [-0.25, -0.2) is 0 Å². The topological polar surface area (TPSA) is 24.5 Å². The lowest BCUT2D eigenvalue weighted by molar-refractivity contribution is 0.205. The molecular formula is C22H34N2O. The molecule has 3 atom stereocenters. The van der Waals surface area contributed by atoms with Gasteiger partial charge in [0.15, 0.2) is 0 Å². The number of hydrogen-bond acceptors (Lipinski definition) is 3. The zero-order valence-corrected chi connectivity index (χ0v) is 15.6. The van der Waals surface area contributed by atoms with E-state index < -0.39 is 0 Å². The molecular weight excluding hydrogens is 308 g/mol. The van der Waals surface area contributed by atoms with Gasteiger partial charge in [-0.05, 0) is 75.2 Å². The number of nitrogens with one attached hydrogen (secondary N) is 1. The van der Waals surface area contributed by atoms with E-state index >= 15 is 0 Å². The highest BCUT2D eigenvalue weighted by Crippen LogP contribution is 2.39. The van der Waals surface area contributed by atoms with E-state index in [0.717, 1.165) is 30.7 Å². The van der Waals surface area contributed by atoms with Crippen LogP contribution in [0.3, 0.4) is 0 Å². The summed E-state index contributed by atoms with van der Waals surface area (Å²) in [6, 6.07) is 10.1. The molecule has 1 aromatic rings. The fourth-order valence-electron chi connectivity index (χ4n) is 5.05. The van der Waals surface area contributed by atoms with E-state index in [0.29, 0.717) is 6.04 Å². The van der Waals surface area contributed by atoms with Crippen LogP contribution in [0, 0.1) is 5.92 Å². The van der Waals surface area contributed by atoms with Crippen LogP contribution in [0.4, 0.5) is 0 Å². The van der Waals surface area contributed by atoms with Crippen molar-refractivity contribution in [2.75, 3.05) is 26.2 Å². The lowest BCUT2D eigenvalue weighted by Crippen LogP contribution is -2.31. The van der Waals surface area contributed by atoms with Crippen LogP contribution < -0.4 is 10.1 Å². The number of piperidine rings is 1. The van der Waals surface area contributed by atoms with Crippen LogP contribution in [0.2, 0.25) is 0 Å². The highest BCUT2D eigenvalue weighted by Gasteiger charge is 2.35. The molecule has 3 fully saturated rings. The van der Waals surface area contributed by atoms with Gasteiger partial charge in [0.1, 0.15) is 5.75 Å². The van der Waals surface area contributed by atoms with E-state index in [1.54, 1.807) is 0 Å². The number of nitrogens with zero attached hydrogens (tertiary/aromatic N) is 1. The van der Waals surface area contributed by atoms with Crippen molar-refractivity contribution in [3.05, 3.63) is 29.8 Å². The SMILES string of the molecule is c1cc(OCCCN2CCCCC2)cc(C2CC3CCCCC3N2)c1. The van der Waals surface area contributed by atoms with Crippen LogP contribution >= 0.6 is 0 Å². The molecule has 0 radical (unpaired) electrons. The summed E-state index contributed by atoms with van der Waals surface area (Å²) in [4.78, 5) is 2.59. The molecule has 0 aromatic heterocycles. The maximum Gasteiger partial charge on any atom is 0.119 e. The molecule has 4 rings (SSSR count). The monoisotopic (exact) mass is 342 g/mol. The molecule has 1 aliphatic carbocycles. The molecule has 3 aliphatic rings. The van der Waals surface area contributed by atoms with E-state index in [4.69, 9.17) is 4.74 Å².